The van der Waals surface area contributed by atoms with Crippen molar-refractivity contribution in [1.82, 2.24) is 29.7 Å². The minimum atomic E-state index is -0.0681. The Morgan fingerprint density at radius 3 is 2.63 bits per heavy atom. The molecule has 0 saturated heterocycles. The van der Waals surface area contributed by atoms with Crippen molar-refractivity contribution in [2.75, 3.05) is 0 Å². The third-order valence-electron chi connectivity index (χ3n) is 4.61. The number of aryl methyl sites for hydroxylation is 1. The van der Waals surface area contributed by atoms with Gasteiger partial charge in [-0.05, 0) is 38.1 Å². The molecule has 4 rings (SSSR count). The molecule has 0 aliphatic carbocycles. The molecule has 3 heterocycles. The van der Waals surface area contributed by atoms with Gasteiger partial charge in [0.1, 0.15) is 0 Å². The van der Waals surface area contributed by atoms with Crippen LogP contribution in [0.25, 0.3) is 11.3 Å². The van der Waals surface area contributed by atoms with Crippen LogP contribution in [0.4, 0.5) is 0 Å². The molecule has 0 aliphatic rings. The average Bonchev–Trinajstić information content (AvgIpc) is 3.23. The van der Waals surface area contributed by atoms with E-state index in [1.165, 1.54) is 0 Å². The van der Waals surface area contributed by atoms with Gasteiger partial charge in [-0.3, -0.25) is 9.20 Å². The maximum atomic E-state index is 12.5. The highest BCUT2D eigenvalue weighted by Crippen LogP contribution is 2.18. The summed E-state index contributed by atoms with van der Waals surface area (Å²) in [6.07, 6.45) is 2.16. The number of para-hydroxylation sites is 1. The van der Waals surface area contributed by atoms with Gasteiger partial charge in [-0.1, -0.05) is 24.3 Å². The Morgan fingerprint density at radius 1 is 1.04 bits per heavy atom. The quantitative estimate of drug-likeness (QED) is 0.593. The molecule has 27 heavy (non-hydrogen) atoms. The Hall–Kier alpha value is -3.48. The van der Waals surface area contributed by atoms with Gasteiger partial charge in [0.2, 0.25) is 5.91 Å². The molecule has 0 unspecified atom stereocenters. The van der Waals surface area contributed by atoms with Gasteiger partial charge in [0, 0.05) is 17.5 Å². The van der Waals surface area contributed by atoms with Crippen LogP contribution in [0, 0.1) is 13.8 Å². The molecule has 0 bridgehead atoms. The molecule has 1 amide bonds. The lowest BCUT2D eigenvalue weighted by Gasteiger charge is -2.06. The van der Waals surface area contributed by atoms with E-state index in [0.29, 0.717) is 12.4 Å². The number of pyridine rings is 1. The topological polar surface area (TPSA) is 77.1 Å². The smallest absolute Gasteiger partial charge is 0.224 e. The summed E-state index contributed by atoms with van der Waals surface area (Å²) in [6.45, 7) is 4.25. The SMILES string of the molecule is Cc1nn(-c2ccccc2)c(C)c1CC(=O)NCc1nnc2ccccn12. The molecule has 1 N–H and O–H groups in total. The van der Waals surface area contributed by atoms with E-state index < -0.39 is 0 Å². The lowest BCUT2D eigenvalue weighted by atomic mass is 10.1. The predicted octanol–water partition coefficient (Wildman–Crippen LogP) is 2.39. The number of amides is 1. The van der Waals surface area contributed by atoms with Crippen molar-refractivity contribution in [1.29, 1.82) is 0 Å². The predicted molar refractivity (Wildman–Crippen MR) is 102 cm³/mol. The van der Waals surface area contributed by atoms with E-state index in [0.717, 1.165) is 28.3 Å². The van der Waals surface area contributed by atoms with Crippen molar-refractivity contribution >= 4 is 11.6 Å². The molecule has 4 aromatic rings. The number of fused-ring (bicyclic) bond motifs is 1. The fraction of sp³-hybridized carbons (Fsp3) is 0.200. The largest absolute Gasteiger partial charge is 0.348 e. The summed E-state index contributed by atoms with van der Waals surface area (Å²) in [5.74, 6) is 0.633. The number of hydrogen-bond donors (Lipinski definition) is 1. The Labute approximate surface area is 156 Å². The number of nitrogens with one attached hydrogen (secondary N) is 1. The molecule has 7 heteroatoms. The number of aromatic nitrogens is 5. The fourth-order valence-electron chi connectivity index (χ4n) is 3.16. The number of hydrogen-bond acceptors (Lipinski definition) is 4. The van der Waals surface area contributed by atoms with Crippen LogP contribution in [0.3, 0.4) is 0 Å². The molecule has 1 aromatic carbocycles. The van der Waals surface area contributed by atoms with Crippen molar-refractivity contribution in [2.45, 2.75) is 26.8 Å². The van der Waals surface area contributed by atoms with Crippen LogP contribution in [-0.4, -0.2) is 30.3 Å². The maximum Gasteiger partial charge on any atom is 0.224 e. The van der Waals surface area contributed by atoms with Crippen LogP contribution >= 0.6 is 0 Å². The molecule has 0 atom stereocenters. The van der Waals surface area contributed by atoms with E-state index in [1.807, 2.05) is 77.7 Å². The van der Waals surface area contributed by atoms with Crippen molar-refractivity contribution in [3.63, 3.8) is 0 Å². The van der Waals surface area contributed by atoms with Crippen LogP contribution < -0.4 is 5.32 Å². The third-order valence-corrected chi connectivity index (χ3v) is 4.61. The second kappa shape index (κ2) is 7.03. The van der Waals surface area contributed by atoms with Gasteiger partial charge >= 0.3 is 0 Å². The molecule has 3 aromatic heterocycles. The monoisotopic (exact) mass is 360 g/mol. The Kier molecular flexibility index (Phi) is 4.42. The highest BCUT2D eigenvalue weighted by atomic mass is 16.1. The summed E-state index contributed by atoms with van der Waals surface area (Å²) in [5, 5.41) is 15.8. The first-order valence-electron chi connectivity index (χ1n) is 8.79. The van der Waals surface area contributed by atoms with Crippen molar-refractivity contribution in [3.05, 3.63) is 77.5 Å². The van der Waals surface area contributed by atoms with Crippen LogP contribution in [0.15, 0.2) is 54.7 Å². The second-order valence-corrected chi connectivity index (χ2v) is 6.40. The summed E-state index contributed by atoms with van der Waals surface area (Å²) in [5.41, 5.74) is 4.53. The van der Waals surface area contributed by atoms with Crippen molar-refractivity contribution in [3.8, 4) is 5.69 Å². The standard InChI is InChI=1S/C20H20N6O/c1-14-17(15(2)26(24-14)16-8-4-3-5-9-16)12-20(27)21-13-19-23-22-18-10-6-7-11-25(18)19/h3-11H,12-13H2,1-2H3,(H,21,27). The zero-order chi connectivity index (χ0) is 18.8. The summed E-state index contributed by atoms with van der Waals surface area (Å²) >= 11 is 0. The molecular formula is C20H20N6O. The number of benzene rings is 1. The van der Waals surface area contributed by atoms with Gasteiger partial charge in [0.15, 0.2) is 11.5 Å². The maximum absolute atomic E-state index is 12.5. The third kappa shape index (κ3) is 3.31. The highest BCUT2D eigenvalue weighted by molar-refractivity contribution is 5.79. The molecule has 136 valence electrons. The fourth-order valence-corrected chi connectivity index (χ4v) is 3.16. The van der Waals surface area contributed by atoms with Crippen molar-refractivity contribution in [2.24, 2.45) is 0 Å². The van der Waals surface area contributed by atoms with Gasteiger partial charge in [0.05, 0.1) is 24.3 Å². The number of nitrogens with zero attached hydrogens (tertiary/aromatic N) is 5. The lowest BCUT2D eigenvalue weighted by Crippen LogP contribution is -2.26. The van der Waals surface area contributed by atoms with Gasteiger partial charge in [-0.15, -0.1) is 10.2 Å². The van der Waals surface area contributed by atoms with Gasteiger partial charge in [-0.25, -0.2) is 4.68 Å². The second-order valence-electron chi connectivity index (χ2n) is 6.40. The molecule has 0 fully saturated rings. The molecule has 0 aliphatic heterocycles. The zero-order valence-corrected chi connectivity index (χ0v) is 15.3. The first-order chi connectivity index (χ1) is 13.1. The van der Waals surface area contributed by atoms with Gasteiger partial charge in [-0.2, -0.15) is 5.10 Å². The van der Waals surface area contributed by atoms with E-state index in [4.69, 9.17) is 0 Å². The van der Waals surface area contributed by atoms with Gasteiger partial charge in [0.25, 0.3) is 0 Å². The summed E-state index contributed by atoms with van der Waals surface area (Å²) < 4.78 is 3.74. The normalized spacial score (nSPS) is 11.0. The summed E-state index contributed by atoms with van der Waals surface area (Å²) in [7, 11) is 0. The summed E-state index contributed by atoms with van der Waals surface area (Å²) in [4.78, 5) is 12.5. The minimum absolute atomic E-state index is 0.0681. The number of carbonyl (C=O) groups excluding carboxylic acids is 1. The Morgan fingerprint density at radius 2 is 1.81 bits per heavy atom. The Bertz CT molecular complexity index is 1100. The molecule has 7 nitrogen and oxygen atoms in total. The molecular weight excluding hydrogens is 340 g/mol. The lowest BCUT2D eigenvalue weighted by molar-refractivity contribution is -0.120. The summed E-state index contributed by atoms with van der Waals surface area (Å²) in [6, 6.07) is 15.6. The van der Waals surface area contributed by atoms with E-state index >= 15 is 0 Å². The highest BCUT2D eigenvalue weighted by Gasteiger charge is 2.16. The van der Waals surface area contributed by atoms with Crippen LogP contribution in [-0.2, 0) is 17.8 Å². The number of carbonyl (C=O) groups is 1. The van der Waals surface area contributed by atoms with Crippen LogP contribution in [0.2, 0.25) is 0 Å². The minimum Gasteiger partial charge on any atom is -0.348 e. The molecule has 0 radical (unpaired) electrons. The van der Waals surface area contributed by atoms with Crippen LogP contribution in [0.5, 0.6) is 0 Å². The average molecular weight is 360 g/mol. The number of rotatable bonds is 5. The van der Waals surface area contributed by atoms with Gasteiger partial charge < -0.3 is 5.32 Å². The van der Waals surface area contributed by atoms with E-state index in [1.54, 1.807) is 0 Å². The Balaban J connectivity index is 1.48. The molecule has 0 saturated carbocycles. The van der Waals surface area contributed by atoms with E-state index in [2.05, 4.69) is 20.6 Å². The van der Waals surface area contributed by atoms with E-state index in [9.17, 15) is 4.79 Å². The molecule has 0 spiro atoms. The van der Waals surface area contributed by atoms with Crippen molar-refractivity contribution < 1.29 is 4.79 Å². The first-order valence-corrected chi connectivity index (χ1v) is 8.79. The van der Waals surface area contributed by atoms with E-state index in [-0.39, 0.29) is 12.3 Å². The van der Waals surface area contributed by atoms with Crippen LogP contribution in [0.1, 0.15) is 22.8 Å². The zero-order valence-electron chi connectivity index (χ0n) is 15.3. The first kappa shape index (κ1) is 17.0.